The van der Waals surface area contributed by atoms with Gasteiger partial charge in [-0.15, -0.1) is 0 Å². The first kappa shape index (κ1) is 18.5. The van der Waals surface area contributed by atoms with Crippen LogP contribution in [0.1, 0.15) is 51.0 Å². The predicted molar refractivity (Wildman–Crippen MR) is 105 cm³/mol. The second-order valence-electron chi connectivity index (χ2n) is 8.93. The SMILES string of the molecule is CCN(CCNS(=O)(=O)c1ccc(C)cc1)C12CC3CC(CC(C3)C1)C2. The zero-order valence-electron chi connectivity index (χ0n) is 16.1. The molecule has 5 heteroatoms. The van der Waals surface area contributed by atoms with Gasteiger partial charge in [0.2, 0.25) is 10.0 Å². The van der Waals surface area contributed by atoms with Crippen LogP contribution in [-0.2, 0) is 10.0 Å². The van der Waals surface area contributed by atoms with Crippen molar-refractivity contribution in [3.63, 3.8) is 0 Å². The number of sulfonamides is 1. The van der Waals surface area contributed by atoms with E-state index in [1.807, 2.05) is 19.1 Å². The summed E-state index contributed by atoms with van der Waals surface area (Å²) in [6.07, 6.45) is 8.32. The average Bonchev–Trinajstić information content (AvgIpc) is 2.57. The van der Waals surface area contributed by atoms with Crippen LogP contribution in [0.4, 0.5) is 0 Å². The maximum absolute atomic E-state index is 12.5. The maximum atomic E-state index is 12.5. The van der Waals surface area contributed by atoms with E-state index in [1.54, 1.807) is 12.1 Å². The van der Waals surface area contributed by atoms with E-state index in [9.17, 15) is 8.42 Å². The molecule has 26 heavy (non-hydrogen) atoms. The third-order valence-electron chi connectivity index (χ3n) is 7.06. The quantitative estimate of drug-likeness (QED) is 0.791. The summed E-state index contributed by atoms with van der Waals surface area (Å²) in [5.41, 5.74) is 1.42. The van der Waals surface area contributed by atoms with E-state index in [1.165, 1.54) is 38.5 Å². The molecule has 4 aliphatic rings. The lowest BCUT2D eigenvalue weighted by atomic mass is 9.52. The fraction of sp³-hybridized carbons (Fsp3) is 0.714. The average molecular weight is 377 g/mol. The van der Waals surface area contributed by atoms with Crippen molar-refractivity contribution < 1.29 is 8.42 Å². The molecule has 144 valence electrons. The van der Waals surface area contributed by atoms with Crippen LogP contribution in [0, 0.1) is 24.7 Å². The van der Waals surface area contributed by atoms with Crippen molar-refractivity contribution >= 4 is 10.0 Å². The van der Waals surface area contributed by atoms with E-state index in [-0.39, 0.29) is 0 Å². The van der Waals surface area contributed by atoms with Crippen LogP contribution in [0.25, 0.3) is 0 Å². The zero-order valence-corrected chi connectivity index (χ0v) is 16.9. The monoisotopic (exact) mass is 376 g/mol. The van der Waals surface area contributed by atoms with Crippen molar-refractivity contribution in [3.8, 4) is 0 Å². The first-order chi connectivity index (χ1) is 12.4. The van der Waals surface area contributed by atoms with Gasteiger partial charge in [0.05, 0.1) is 4.90 Å². The molecular formula is C21H32N2O2S. The zero-order chi connectivity index (χ0) is 18.4. The minimum atomic E-state index is -3.41. The Labute approximate surface area is 158 Å². The van der Waals surface area contributed by atoms with Gasteiger partial charge in [-0.1, -0.05) is 24.6 Å². The minimum Gasteiger partial charge on any atom is -0.297 e. The largest absolute Gasteiger partial charge is 0.297 e. The molecule has 0 atom stereocenters. The van der Waals surface area contributed by atoms with Crippen molar-refractivity contribution in [1.29, 1.82) is 0 Å². The molecule has 0 saturated heterocycles. The molecule has 0 radical (unpaired) electrons. The highest BCUT2D eigenvalue weighted by atomic mass is 32.2. The first-order valence-corrected chi connectivity index (χ1v) is 11.7. The fourth-order valence-corrected chi connectivity index (χ4v) is 7.32. The van der Waals surface area contributed by atoms with Gasteiger partial charge in [-0.05, 0) is 81.9 Å². The van der Waals surface area contributed by atoms with Gasteiger partial charge in [0, 0.05) is 18.6 Å². The number of aryl methyl sites for hydroxylation is 1. The Bertz CT molecular complexity index is 706. The van der Waals surface area contributed by atoms with Gasteiger partial charge < -0.3 is 0 Å². The first-order valence-electron chi connectivity index (χ1n) is 10.2. The van der Waals surface area contributed by atoms with Crippen molar-refractivity contribution in [3.05, 3.63) is 29.8 Å². The minimum absolute atomic E-state index is 0.346. The lowest BCUT2D eigenvalue weighted by molar-refractivity contribution is -0.0861. The highest BCUT2D eigenvalue weighted by molar-refractivity contribution is 7.89. The van der Waals surface area contributed by atoms with Gasteiger partial charge in [-0.3, -0.25) is 4.90 Å². The number of benzene rings is 1. The molecule has 1 aromatic carbocycles. The van der Waals surface area contributed by atoms with Gasteiger partial charge in [0.1, 0.15) is 0 Å². The topological polar surface area (TPSA) is 49.4 Å². The molecule has 0 aromatic heterocycles. The summed E-state index contributed by atoms with van der Waals surface area (Å²) in [5.74, 6) is 2.75. The molecule has 0 unspecified atom stereocenters. The molecule has 4 nitrogen and oxygen atoms in total. The number of nitrogens with one attached hydrogen (secondary N) is 1. The summed E-state index contributed by atoms with van der Waals surface area (Å²) < 4.78 is 27.9. The van der Waals surface area contributed by atoms with E-state index in [2.05, 4.69) is 16.5 Å². The summed E-state index contributed by atoms with van der Waals surface area (Å²) in [7, 11) is -3.41. The Morgan fingerprint density at radius 2 is 1.58 bits per heavy atom. The lowest BCUT2D eigenvalue weighted by Gasteiger charge is -2.60. The standard InChI is InChI=1S/C21H32N2O2S/c1-3-23(21-13-17-10-18(14-21)12-19(11-17)15-21)9-8-22-26(24,25)20-6-4-16(2)5-7-20/h4-7,17-19,22H,3,8-15H2,1-2H3. The molecule has 0 aliphatic heterocycles. The van der Waals surface area contributed by atoms with Gasteiger partial charge in [-0.2, -0.15) is 0 Å². The van der Waals surface area contributed by atoms with E-state index < -0.39 is 10.0 Å². The third-order valence-corrected chi connectivity index (χ3v) is 8.54. The summed E-state index contributed by atoms with van der Waals surface area (Å²) in [6, 6.07) is 7.08. The summed E-state index contributed by atoms with van der Waals surface area (Å²) in [5, 5.41) is 0. The summed E-state index contributed by atoms with van der Waals surface area (Å²) in [4.78, 5) is 2.95. The fourth-order valence-electron chi connectivity index (χ4n) is 6.30. The summed E-state index contributed by atoms with van der Waals surface area (Å²) in [6.45, 7) is 6.51. The highest BCUT2D eigenvalue weighted by Crippen LogP contribution is 2.57. The van der Waals surface area contributed by atoms with Crippen LogP contribution in [0.5, 0.6) is 0 Å². The predicted octanol–water partition coefficient (Wildman–Crippen LogP) is 3.56. The number of likely N-dealkylation sites (N-methyl/N-ethyl adjacent to an activating group) is 1. The number of hydrogen-bond acceptors (Lipinski definition) is 3. The number of nitrogens with zero attached hydrogens (tertiary/aromatic N) is 1. The van der Waals surface area contributed by atoms with Crippen LogP contribution in [-0.4, -0.2) is 38.5 Å². The molecule has 0 heterocycles. The summed E-state index contributed by atoms with van der Waals surface area (Å²) >= 11 is 0. The van der Waals surface area contributed by atoms with E-state index >= 15 is 0 Å². The Morgan fingerprint density at radius 1 is 1.04 bits per heavy atom. The normalized spacial score (nSPS) is 33.1. The Balaban J connectivity index is 1.39. The van der Waals surface area contributed by atoms with Crippen molar-refractivity contribution in [2.75, 3.05) is 19.6 Å². The van der Waals surface area contributed by atoms with Gasteiger partial charge >= 0.3 is 0 Å². The van der Waals surface area contributed by atoms with E-state index in [0.29, 0.717) is 17.0 Å². The molecule has 0 spiro atoms. The number of rotatable bonds is 7. The number of hydrogen-bond donors (Lipinski definition) is 1. The van der Waals surface area contributed by atoms with Crippen molar-refractivity contribution in [1.82, 2.24) is 9.62 Å². The van der Waals surface area contributed by atoms with Gasteiger partial charge in [-0.25, -0.2) is 13.1 Å². The van der Waals surface area contributed by atoms with E-state index in [0.717, 1.165) is 36.4 Å². The molecule has 4 bridgehead atoms. The molecule has 1 aromatic rings. The molecule has 4 saturated carbocycles. The van der Waals surface area contributed by atoms with Crippen LogP contribution in [0.15, 0.2) is 29.2 Å². The Morgan fingerprint density at radius 3 is 2.08 bits per heavy atom. The second-order valence-corrected chi connectivity index (χ2v) is 10.7. The second kappa shape index (κ2) is 6.92. The molecule has 0 amide bonds. The van der Waals surface area contributed by atoms with Gasteiger partial charge in [0.25, 0.3) is 0 Å². The smallest absolute Gasteiger partial charge is 0.240 e. The van der Waals surface area contributed by atoms with Crippen LogP contribution >= 0.6 is 0 Å². The maximum Gasteiger partial charge on any atom is 0.240 e. The van der Waals surface area contributed by atoms with Crippen LogP contribution < -0.4 is 4.72 Å². The molecule has 4 fully saturated rings. The van der Waals surface area contributed by atoms with Crippen molar-refractivity contribution in [2.45, 2.75) is 62.8 Å². The van der Waals surface area contributed by atoms with Gasteiger partial charge in [0.15, 0.2) is 0 Å². The highest BCUT2D eigenvalue weighted by Gasteiger charge is 2.52. The van der Waals surface area contributed by atoms with Crippen LogP contribution in [0.3, 0.4) is 0 Å². The third kappa shape index (κ3) is 3.46. The van der Waals surface area contributed by atoms with Crippen molar-refractivity contribution in [2.24, 2.45) is 17.8 Å². The molecule has 4 aliphatic carbocycles. The molecule has 5 rings (SSSR count). The Hall–Kier alpha value is -0.910. The molecule has 1 N–H and O–H groups in total. The Kier molecular flexibility index (Phi) is 4.91. The molecular weight excluding hydrogens is 344 g/mol. The lowest BCUT2D eigenvalue weighted by Crippen LogP contribution is -2.60. The van der Waals surface area contributed by atoms with E-state index in [4.69, 9.17) is 0 Å². The van der Waals surface area contributed by atoms with Crippen LogP contribution in [0.2, 0.25) is 0 Å².